The molecule has 0 aliphatic carbocycles. The Labute approximate surface area is 155 Å². The number of benzene rings is 3. The van der Waals surface area contributed by atoms with Gasteiger partial charge in [-0.25, -0.2) is 39.9 Å². The molecule has 0 amide bonds. The van der Waals surface area contributed by atoms with Crippen LogP contribution >= 0.6 is 0 Å². The van der Waals surface area contributed by atoms with Crippen molar-refractivity contribution >= 4 is 10.0 Å². The highest BCUT2D eigenvalue weighted by Gasteiger charge is 2.30. The summed E-state index contributed by atoms with van der Waals surface area (Å²) in [5.41, 5.74) is -3.13. The summed E-state index contributed by atoms with van der Waals surface area (Å²) in [4.78, 5) is -0.705. The van der Waals surface area contributed by atoms with Crippen LogP contribution in [0.25, 0.3) is 22.3 Å². The molecule has 0 atom stereocenters. The fourth-order valence-electron chi connectivity index (χ4n) is 2.73. The van der Waals surface area contributed by atoms with Crippen LogP contribution in [-0.2, 0) is 10.0 Å². The quantitative estimate of drug-likeness (QED) is 0.388. The van der Waals surface area contributed by atoms with E-state index in [2.05, 4.69) is 0 Å². The molecule has 3 rings (SSSR count). The van der Waals surface area contributed by atoms with Crippen LogP contribution in [0.15, 0.2) is 47.4 Å². The number of primary sulfonamides is 1. The van der Waals surface area contributed by atoms with Gasteiger partial charge in [0.15, 0.2) is 34.9 Å². The first kappa shape index (κ1) is 19.9. The lowest BCUT2D eigenvalue weighted by Crippen LogP contribution is -2.14. The van der Waals surface area contributed by atoms with Gasteiger partial charge in [0.1, 0.15) is 0 Å². The highest BCUT2D eigenvalue weighted by Crippen LogP contribution is 2.41. The maximum atomic E-state index is 14.6. The SMILES string of the molecule is NS(=O)(=O)c1ccccc1-c1c(F)c(F)c(F)c(F)c1-c1ccc(F)c(F)c1. The Hall–Kier alpha value is -2.85. The standard InChI is InChI=1S/C18H9F6NO2S/c19-10-6-5-8(7-11(10)20)13-14(16(22)18(24)17(23)15(13)21)9-3-1-2-4-12(9)28(25,26)27/h1-7H,(H2,25,26,27). The summed E-state index contributed by atoms with van der Waals surface area (Å²) in [7, 11) is -4.49. The Morgan fingerprint density at radius 2 is 1.25 bits per heavy atom. The molecule has 0 aromatic heterocycles. The molecule has 2 N–H and O–H groups in total. The molecule has 0 saturated carbocycles. The van der Waals surface area contributed by atoms with Crippen LogP contribution in [-0.4, -0.2) is 8.42 Å². The first-order valence-corrected chi connectivity index (χ1v) is 9.02. The van der Waals surface area contributed by atoms with Crippen molar-refractivity contribution in [3.8, 4) is 22.3 Å². The molecule has 10 heteroatoms. The molecule has 28 heavy (non-hydrogen) atoms. The second-order valence-corrected chi connectivity index (χ2v) is 7.21. The van der Waals surface area contributed by atoms with Crippen LogP contribution < -0.4 is 5.14 Å². The maximum Gasteiger partial charge on any atom is 0.238 e. The van der Waals surface area contributed by atoms with Crippen molar-refractivity contribution in [3.63, 3.8) is 0 Å². The van der Waals surface area contributed by atoms with Crippen molar-refractivity contribution in [1.82, 2.24) is 0 Å². The van der Waals surface area contributed by atoms with E-state index in [-0.39, 0.29) is 0 Å². The molecule has 0 radical (unpaired) electrons. The third-order valence-corrected chi connectivity index (χ3v) is 4.91. The van der Waals surface area contributed by atoms with E-state index in [1.165, 1.54) is 12.1 Å². The average molecular weight is 417 g/mol. The van der Waals surface area contributed by atoms with Crippen molar-refractivity contribution in [1.29, 1.82) is 0 Å². The van der Waals surface area contributed by atoms with Gasteiger partial charge in [0, 0.05) is 16.7 Å². The van der Waals surface area contributed by atoms with E-state index in [0.29, 0.717) is 12.1 Å². The third kappa shape index (κ3) is 3.25. The molecule has 0 aliphatic rings. The van der Waals surface area contributed by atoms with Gasteiger partial charge in [-0.2, -0.15) is 0 Å². The van der Waals surface area contributed by atoms with Gasteiger partial charge in [0.05, 0.1) is 4.90 Å². The molecule has 0 spiro atoms. The summed E-state index contributed by atoms with van der Waals surface area (Å²) in [5.74, 6) is -11.0. The minimum absolute atomic E-state index is 0.438. The lowest BCUT2D eigenvalue weighted by atomic mass is 9.92. The van der Waals surface area contributed by atoms with Crippen LogP contribution in [0.3, 0.4) is 0 Å². The van der Waals surface area contributed by atoms with E-state index in [9.17, 15) is 34.8 Å². The Morgan fingerprint density at radius 3 is 1.82 bits per heavy atom. The Morgan fingerprint density at radius 1 is 0.679 bits per heavy atom. The van der Waals surface area contributed by atoms with Gasteiger partial charge in [-0.1, -0.05) is 24.3 Å². The highest BCUT2D eigenvalue weighted by atomic mass is 32.2. The summed E-state index contributed by atoms with van der Waals surface area (Å²) in [6.45, 7) is 0. The molecule has 0 heterocycles. The average Bonchev–Trinajstić information content (AvgIpc) is 2.64. The predicted octanol–water partition coefficient (Wildman–Crippen LogP) is 4.50. The van der Waals surface area contributed by atoms with Crippen LogP contribution in [0.2, 0.25) is 0 Å². The van der Waals surface area contributed by atoms with E-state index >= 15 is 0 Å². The summed E-state index contributed by atoms with van der Waals surface area (Å²) in [6.07, 6.45) is 0. The van der Waals surface area contributed by atoms with Gasteiger partial charge in [0.25, 0.3) is 0 Å². The fraction of sp³-hybridized carbons (Fsp3) is 0. The van der Waals surface area contributed by atoms with Gasteiger partial charge in [0.2, 0.25) is 10.0 Å². The summed E-state index contributed by atoms with van der Waals surface area (Å²) in [6, 6.07) is 6.17. The van der Waals surface area contributed by atoms with Gasteiger partial charge in [-0.3, -0.25) is 0 Å². The third-order valence-electron chi connectivity index (χ3n) is 3.94. The van der Waals surface area contributed by atoms with E-state index in [1.807, 2.05) is 0 Å². The normalized spacial score (nSPS) is 11.7. The summed E-state index contributed by atoms with van der Waals surface area (Å²) >= 11 is 0. The monoisotopic (exact) mass is 417 g/mol. The van der Waals surface area contributed by atoms with E-state index in [0.717, 1.165) is 18.2 Å². The molecule has 0 unspecified atom stereocenters. The maximum absolute atomic E-state index is 14.6. The number of hydrogen-bond acceptors (Lipinski definition) is 2. The Balaban J connectivity index is 2.52. The van der Waals surface area contributed by atoms with Crippen LogP contribution in [0, 0.1) is 34.9 Å². The molecular weight excluding hydrogens is 408 g/mol. The molecule has 0 fully saturated rings. The van der Waals surface area contributed by atoms with Gasteiger partial charge in [-0.05, 0) is 23.8 Å². The van der Waals surface area contributed by atoms with Crippen molar-refractivity contribution < 1.29 is 34.8 Å². The molecule has 0 aliphatic heterocycles. The molecule has 3 aromatic carbocycles. The number of rotatable bonds is 3. The van der Waals surface area contributed by atoms with E-state index in [1.54, 1.807) is 0 Å². The zero-order valence-electron chi connectivity index (χ0n) is 13.6. The van der Waals surface area contributed by atoms with Gasteiger partial charge in [-0.15, -0.1) is 0 Å². The Kier molecular flexibility index (Phi) is 4.94. The first-order valence-electron chi connectivity index (χ1n) is 7.47. The largest absolute Gasteiger partial charge is 0.238 e. The Bertz CT molecular complexity index is 1210. The van der Waals surface area contributed by atoms with Crippen molar-refractivity contribution in [2.24, 2.45) is 5.14 Å². The lowest BCUT2D eigenvalue weighted by molar-refractivity contribution is 0.412. The second-order valence-electron chi connectivity index (χ2n) is 5.68. The minimum atomic E-state index is -4.49. The van der Waals surface area contributed by atoms with E-state index < -0.39 is 72.1 Å². The fourth-order valence-corrected chi connectivity index (χ4v) is 3.47. The topological polar surface area (TPSA) is 60.2 Å². The first-order chi connectivity index (χ1) is 13.0. The number of hydrogen-bond donors (Lipinski definition) is 1. The molecule has 3 nitrogen and oxygen atoms in total. The summed E-state index contributed by atoms with van der Waals surface area (Å²) < 4.78 is 107. The molecule has 146 valence electrons. The van der Waals surface area contributed by atoms with E-state index in [4.69, 9.17) is 5.14 Å². The molecule has 0 bridgehead atoms. The minimum Gasteiger partial charge on any atom is -0.225 e. The summed E-state index contributed by atoms with van der Waals surface area (Å²) in [5, 5.41) is 5.06. The number of sulfonamides is 1. The number of halogens is 6. The molecular formula is C18H9F6NO2S. The molecule has 0 saturated heterocycles. The zero-order chi connectivity index (χ0) is 20.8. The second kappa shape index (κ2) is 6.95. The van der Waals surface area contributed by atoms with Crippen molar-refractivity contribution in [2.45, 2.75) is 4.90 Å². The van der Waals surface area contributed by atoms with Gasteiger partial charge >= 0.3 is 0 Å². The zero-order valence-corrected chi connectivity index (χ0v) is 14.4. The smallest absolute Gasteiger partial charge is 0.225 e. The van der Waals surface area contributed by atoms with Gasteiger partial charge < -0.3 is 0 Å². The van der Waals surface area contributed by atoms with Crippen LogP contribution in [0.1, 0.15) is 0 Å². The van der Waals surface area contributed by atoms with Crippen LogP contribution in [0.5, 0.6) is 0 Å². The molecule has 3 aromatic rings. The number of nitrogens with two attached hydrogens (primary N) is 1. The predicted molar refractivity (Wildman–Crippen MR) is 88.4 cm³/mol. The lowest BCUT2D eigenvalue weighted by Gasteiger charge is -2.16. The van der Waals surface area contributed by atoms with Crippen molar-refractivity contribution in [2.75, 3.05) is 0 Å². The van der Waals surface area contributed by atoms with Crippen LogP contribution in [0.4, 0.5) is 26.3 Å². The van der Waals surface area contributed by atoms with Crippen molar-refractivity contribution in [3.05, 3.63) is 77.4 Å². The highest BCUT2D eigenvalue weighted by molar-refractivity contribution is 7.89.